The second-order valence-corrected chi connectivity index (χ2v) is 5.83. The lowest BCUT2D eigenvalue weighted by Gasteiger charge is -2.32. The Bertz CT molecular complexity index is 371. The maximum Gasteiger partial charge on any atom is 0.0637 e. The highest BCUT2D eigenvalue weighted by atomic mass is 79.9. The van der Waals surface area contributed by atoms with Gasteiger partial charge >= 0.3 is 0 Å². The number of hydrogen-bond donors (Lipinski definition) is 0. The molecule has 0 aromatic heterocycles. The number of benzene rings is 1. The van der Waals surface area contributed by atoms with Gasteiger partial charge in [-0.15, -0.1) is 0 Å². The molecule has 0 fully saturated rings. The van der Waals surface area contributed by atoms with E-state index in [4.69, 9.17) is 4.74 Å². The van der Waals surface area contributed by atoms with Crippen LogP contribution in [-0.2, 0) is 10.1 Å². The van der Waals surface area contributed by atoms with Crippen molar-refractivity contribution in [2.45, 2.75) is 31.6 Å². The summed E-state index contributed by atoms with van der Waals surface area (Å²) in [5.74, 6) is 0. The van der Waals surface area contributed by atoms with Crippen LogP contribution in [0.2, 0.25) is 0 Å². The number of ether oxygens (including phenoxy) is 1. The van der Waals surface area contributed by atoms with Gasteiger partial charge in [0.2, 0.25) is 0 Å². The maximum absolute atomic E-state index is 5.22. The van der Waals surface area contributed by atoms with Crippen molar-refractivity contribution < 1.29 is 4.74 Å². The largest absolute Gasteiger partial charge is 0.383 e. The van der Waals surface area contributed by atoms with Crippen LogP contribution >= 0.6 is 31.9 Å². The Morgan fingerprint density at radius 2 is 2.11 bits per heavy atom. The van der Waals surface area contributed by atoms with E-state index in [0.29, 0.717) is 6.04 Å². The SMILES string of the molecule is CCC(C)N(CCOC)c1ccc(Br)cc1CBr. The van der Waals surface area contributed by atoms with Crippen molar-refractivity contribution >= 4 is 37.5 Å². The van der Waals surface area contributed by atoms with Crippen LogP contribution in [0.3, 0.4) is 0 Å². The molecule has 0 aliphatic heterocycles. The zero-order valence-electron chi connectivity index (χ0n) is 11.2. The maximum atomic E-state index is 5.22. The van der Waals surface area contributed by atoms with Crippen LogP contribution in [0.1, 0.15) is 25.8 Å². The van der Waals surface area contributed by atoms with E-state index >= 15 is 0 Å². The van der Waals surface area contributed by atoms with Gasteiger partial charge in [-0.25, -0.2) is 0 Å². The molecule has 0 aliphatic rings. The highest BCUT2D eigenvalue weighted by Gasteiger charge is 2.15. The normalized spacial score (nSPS) is 12.5. The number of hydrogen-bond acceptors (Lipinski definition) is 2. The van der Waals surface area contributed by atoms with Gasteiger partial charge in [0.1, 0.15) is 0 Å². The summed E-state index contributed by atoms with van der Waals surface area (Å²) in [6, 6.07) is 6.97. The highest BCUT2D eigenvalue weighted by Crippen LogP contribution is 2.28. The van der Waals surface area contributed by atoms with Gasteiger partial charge in [-0.1, -0.05) is 38.8 Å². The van der Waals surface area contributed by atoms with E-state index in [1.165, 1.54) is 11.3 Å². The van der Waals surface area contributed by atoms with E-state index in [1.54, 1.807) is 7.11 Å². The Kier molecular flexibility index (Phi) is 7.27. The third-order valence-corrected chi connectivity index (χ3v) is 4.25. The third-order valence-electron chi connectivity index (χ3n) is 3.15. The van der Waals surface area contributed by atoms with E-state index in [1.807, 2.05) is 0 Å². The third kappa shape index (κ3) is 4.25. The van der Waals surface area contributed by atoms with Crippen molar-refractivity contribution in [3.8, 4) is 0 Å². The van der Waals surface area contributed by atoms with Crippen LogP contribution in [0, 0.1) is 0 Å². The molecule has 0 aliphatic carbocycles. The second-order valence-electron chi connectivity index (χ2n) is 4.35. The van der Waals surface area contributed by atoms with Crippen LogP contribution in [0.25, 0.3) is 0 Å². The molecule has 18 heavy (non-hydrogen) atoms. The summed E-state index contributed by atoms with van der Waals surface area (Å²) in [6.45, 7) is 6.15. The average molecular weight is 379 g/mol. The first-order chi connectivity index (χ1) is 8.63. The molecule has 0 N–H and O–H groups in total. The van der Waals surface area contributed by atoms with Gasteiger partial charge in [0, 0.05) is 35.2 Å². The monoisotopic (exact) mass is 377 g/mol. The van der Waals surface area contributed by atoms with Gasteiger partial charge in [-0.2, -0.15) is 0 Å². The van der Waals surface area contributed by atoms with Crippen molar-refractivity contribution in [2.75, 3.05) is 25.2 Å². The fraction of sp³-hybridized carbons (Fsp3) is 0.571. The Hall–Kier alpha value is -0.0600. The molecule has 0 radical (unpaired) electrons. The smallest absolute Gasteiger partial charge is 0.0637 e. The summed E-state index contributed by atoms with van der Waals surface area (Å²) in [5.41, 5.74) is 2.60. The molecule has 102 valence electrons. The summed E-state index contributed by atoms with van der Waals surface area (Å²) in [5, 5.41) is 0.863. The van der Waals surface area contributed by atoms with Crippen molar-refractivity contribution in [2.24, 2.45) is 0 Å². The fourth-order valence-electron chi connectivity index (χ4n) is 1.93. The predicted molar refractivity (Wildman–Crippen MR) is 85.7 cm³/mol. The van der Waals surface area contributed by atoms with Crippen LogP contribution in [0.5, 0.6) is 0 Å². The zero-order valence-corrected chi connectivity index (χ0v) is 14.4. The molecule has 1 rings (SSSR count). The summed E-state index contributed by atoms with van der Waals surface area (Å²) >= 11 is 7.10. The lowest BCUT2D eigenvalue weighted by molar-refractivity contribution is 0.203. The molecule has 0 heterocycles. The fourth-order valence-corrected chi connectivity index (χ4v) is 2.79. The second kappa shape index (κ2) is 8.18. The summed E-state index contributed by atoms with van der Waals surface area (Å²) in [6.07, 6.45) is 1.13. The van der Waals surface area contributed by atoms with Gasteiger partial charge in [0.25, 0.3) is 0 Å². The molecule has 0 spiro atoms. The molecule has 1 unspecified atom stereocenters. The van der Waals surface area contributed by atoms with Crippen molar-refractivity contribution in [3.63, 3.8) is 0 Å². The topological polar surface area (TPSA) is 12.5 Å². The predicted octanol–water partition coefficient (Wildman–Crippen LogP) is 4.60. The van der Waals surface area contributed by atoms with Gasteiger partial charge in [-0.3, -0.25) is 0 Å². The Morgan fingerprint density at radius 1 is 1.39 bits per heavy atom. The molecule has 0 bridgehead atoms. The van der Waals surface area contributed by atoms with Crippen molar-refractivity contribution in [1.82, 2.24) is 0 Å². The molecule has 0 amide bonds. The number of halogens is 2. The van der Waals surface area contributed by atoms with Crippen LogP contribution in [-0.4, -0.2) is 26.3 Å². The molecule has 1 atom stereocenters. The number of anilines is 1. The first kappa shape index (κ1) is 16.0. The van der Waals surface area contributed by atoms with Crippen molar-refractivity contribution in [3.05, 3.63) is 28.2 Å². The van der Waals surface area contributed by atoms with E-state index in [-0.39, 0.29) is 0 Å². The molecule has 0 saturated carbocycles. The van der Waals surface area contributed by atoms with Crippen LogP contribution < -0.4 is 4.90 Å². The Morgan fingerprint density at radius 3 is 2.67 bits per heavy atom. The molecule has 1 aromatic rings. The van der Waals surface area contributed by atoms with Crippen LogP contribution in [0.4, 0.5) is 5.69 Å². The van der Waals surface area contributed by atoms with Gasteiger partial charge in [0.05, 0.1) is 6.61 Å². The summed E-state index contributed by atoms with van der Waals surface area (Å²) in [7, 11) is 1.75. The number of methoxy groups -OCH3 is 1. The van der Waals surface area contributed by atoms with E-state index < -0.39 is 0 Å². The quantitative estimate of drug-likeness (QED) is 0.643. The zero-order chi connectivity index (χ0) is 13.5. The molecule has 2 nitrogen and oxygen atoms in total. The molecule has 0 saturated heterocycles. The minimum absolute atomic E-state index is 0.513. The minimum Gasteiger partial charge on any atom is -0.383 e. The highest BCUT2D eigenvalue weighted by molar-refractivity contribution is 9.10. The Balaban J connectivity index is 3.03. The first-order valence-electron chi connectivity index (χ1n) is 6.24. The minimum atomic E-state index is 0.513. The number of alkyl halides is 1. The van der Waals surface area contributed by atoms with E-state index in [9.17, 15) is 0 Å². The van der Waals surface area contributed by atoms with E-state index in [0.717, 1.165) is 29.4 Å². The number of nitrogens with zero attached hydrogens (tertiary/aromatic N) is 1. The van der Waals surface area contributed by atoms with E-state index in [2.05, 4.69) is 68.8 Å². The lowest BCUT2D eigenvalue weighted by atomic mass is 10.1. The molecule has 1 aromatic carbocycles. The van der Waals surface area contributed by atoms with Gasteiger partial charge in [-0.05, 0) is 37.1 Å². The average Bonchev–Trinajstić information content (AvgIpc) is 2.39. The van der Waals surface area contributed by atoms with Crippen LogP contribution in [0.15, 0.2) is 22.7 Å². The number of rotatable bonds is 7. The molecular formula is C14H21Br2NO. The molecule has 4 heteroatoms. The first-order valence-corrected chi connectivity index (χ1v) is 8.15. The summed E-state index contributed by atoms with van der Waals surface area (Å²) in [4.78, 5) is 2.42. The summed E-state index contributed by atoms with van der Waals surface area (Å²) < 4.78 is 6.34. The van der Waals surface area contributed by atoms with Crippen molar-refractivity contribution in [1.29, 1.82) is 0 Å². The molecular weight excluding hydrogens is 358 g/mol. The standard InChI is InChI=1S/C14H21Br2NO/c1-4-11(2)17(7-8-18-3)14-6-5-13(16)9-12(14)10-15/h5-6,9,11H,4,7-8,10H2,1-3H3. The lowest BCUT2D eigenvalue weighted by Crippen LogP contribution is -2.36. The Labute approximate surface area is 127 Å². The van der Waals surface area contributed by atoms with Gasteiger partial charge in [0.15, 0.2) is 0 Å². The van der Waals surface area contributed by atoms with Gasteiger partial charge < -0.3 is 9.64 Å².